The first-order chi connectivity index (χ1) is 18.1. The van der Waals surface area contributed by atoms with E-state index < -0.39 is 0 Å². The second-order valence-corrected chi connectivity index (χ2v) is 8.63. The zero-order valence-corrected chi connectivity index (χ0v) is 21.5. The predicted octanol–water partition coefficient (Wildman–Crippen LogP) is 4.07. The Balaban J connectivity index is 1.35. The molecule has 0 bridgehead atoms. The van der Waals surface area contributed by atoms with Crippen LogP contribution in [-0.2, 0) is 23.8 Å². The number of methoxy groups -OCH3 is 2. The number of carbonyl (C=O) groups is 2. The minimum atomic E-state index is -0.281. The summed E-state index contributed by atoms with van der Waals surface area (Å²) < 4.78 is 37.4. The fourth-order valence-corrected chi connectivity index (χ4v) is 3.88. The van der Waals surface area contributed by atoms with E-state index in [0.717, 1.165) is 0 Å². The van der Waals surface area contributed by atoms with Gasteiger partial charge in [-0.1, -0.05) is 0 Å². The molecule has 1 aliphatic carbocycles. The largest absolute Gasteiger partial charge is 0.491 e. The Hall–Kier alpha value is -3.14. The lowest BCUT2D eigenvalue weighted by Crippen LogP contribution is -2.30. The van der Waals surface area contributed by atoms with Gasteiger partial charge in [0.15, 0.2) is 0 Å². The average molecular weight is 517 g/mol. The normalized spacial score (nSPS) is 17.1. The fourth-order valence-electron chi connectivity index (χ4n) is 3.88. The van der Waals surface area contributed by atoms with Gasteiger partial charge in [-0.2, -0.15) is 0 Å². The summed E-state index contributed by atoms with van der Waals surface area (Å²) in [5, 5.41) is 0. The first-order valence-electron chi connectivity index (χ1n) is 12.5. The summed E-state index contributed by atoms with van der Waals surface area (Å²) in [6.07, 6.45) is 2.32. The van der Waals surface area contributed by atoms with Crippen molar-refractivity contribution in [1.82, 2.24) is 0 Å². The molecule has 1 saturated carbocycles. The van der Waals surface area contributed by atoms with Crippen LogP contribution in [0.25, 0.3) is 0 Å². The lowest BCUT2D eigenvalue weighted by molar-refractivity contribution is -0.145. The molecule has 0 amide bonds. The van der Waals surface area contributed by atoms with Gasteiger partial charge in [-0.3, -0.25) is 9.59 Å². The third kappa shape index (κ3) is 10.0. The van der Waals surface area contributed by atoms with Crippen LogP contribution >= 0.6 is 0 Å². The van der Waals surface area contributed by atoms with Crippen LogP contribution in [-0.4, -0.2) is 65.8 Å². The molecule has 0 unspecified atom stereocenters. The van der Waals surface area contributed by atoms with Gasteiger partial charge >= 0.3 is 11.9 Å². The Bertz CT molecular complexity index is 935. The van der Waals surface area contributed by atoms with Crippen LogP contribution in [0.2, 0.25) is 0 Å². The van der Waals surface area contributed by atoms with Crippen molar-refractivity contribution in [1.29, 1.82) is 0 Å². The van der Waals surface area contributed by atoms with E-state index in [1.165, 1.54) is 0 Å². The zero-order valence-electron chi connectivity index (χ0n) is 21.5. The van der Waals surface area contributed by atoms with Gasteiger partial charge in [0.25, 0.3) is 0 Å². The molecule has 0 aliphatic heterocycles. The van der Waals surface area contributed by atoms with Gasteiger partial charge in [-0.25, -0.2) is 0 Å². The number of hydrogen-bond acceptors (Lipinski definition) is 9. The van der Waals surface area contributed by atoms with Crippen molar-refractivity contribution in [3.8, 4) is 23.0 Å². The summed E-state index contributed by atoms with van der Waals surface area (Å²) in [4.78, 5) is 25.2. The molecule has 0 aromatic heterocycles. The number of carbonyl (C=O) groups excluding carboxylic acids is 2. The molecule has 0 saturated heterocycles. The molecule has 202 valence electrons. The highest BCUT2D eigenvalue weighted by Gasteiger charge is 2.32. The maximum Gasteiger partial charge on any atom is 0.314 e. The highest BCUT2D eigenvalue weighted by molar-refractivity contribution is 5.77. The van der Waals surface area contributed by atoms with Crippen LogP contribution in [0.3, 0.4) is 0 Å². The molecule has 3 rings (SSSR count). The maximum absolute atomic E-state index is 12.6. The summed E-state index contributed by atoms with van der Waals surface area (Å²) in [7, 11) is 3.24. The molecular formula is C28H36O9. The molecule has 2 aromatic carbocycles. The molecule has 9 nitrogen and oxygen atoms in total. The molecule has 37 heavy (non-hydrogen) atoms. The van der Waals surface area contributed by atoms with E-state index in [-0.39, 0.29) is 23.8 Å². The van der Waals surface area contributed by atoms with Crippen molar-refractivity contribution < 1.29 is 42.7 Å². The lowest BCUT2D eigenvalue weighted by Gasteiger charge is -2.25. The van der Waals surface area contributed by atoms with Gasteiger partial charge in [0.2, 0.25) is 0 Å². The molecule has 1 fully saturated rings. The van der Waals surface area contributed by atoms with E-state index in [0.29, 0.717) is 88.3 Å². The molecule has 0 heterocycles. The third-order valence-corrected chi connectivity index (χ3v) is 5.96. The number of benzene rings is 2. The number of hydrogen-bond donors (Lipinski definition) is 0. The molecule has 0 radical (unpaired) electrons. The molecular weight excluding hydrogens is 480 g/mol. The van der Waals surface area contributed by atoms with Gasteiger partial charge in [0.05, 0.1) is 38.3 Å². The Morgan fingerprint density at radius 1 is 0.568 bits per heavy atom. The van der Waals surface area contributed by atoms with Gasteiger partial charge in [-0.05, 0) is 74.2 Å². The third-order valence-electron chi connectivity index (χ3n) is 5.96. The minimum absolute atomic E-state index is 0.239. The smallest absolute Gasteiger partial charge is 0.314 e. The highest BCUT2D eigenvalue weighted by atomic mass is 16.5. The van der Waals surface area contributed by atoms with Crippen molar-refractivity contribution in [2.24, 2.45) is 11.8 Å². The van der Waals surface area contributed by atoms with Gasteiger partial charge in [-0.15, -0.1) is 0 Å². The van der Waals surface area contributed by atoms with Crippen molar-refractivity contribution in [3.05, 3.63) is 48.5 Å². The second-order valence-electron chi connectivity index (χ2n) is 8.63. The number of esters is 2. The Kier molecular flexibility index (Phi) is 12.2. The first-order valence-corrected chi connectivity index (χ1v) is 12.5. The van der Waals surface area contributed by atoms with E-state index >= 15 is 0 Å². The van der Waals surface area contributed by atoms with Crippen LogP contribution < -0.4 is 18.9 Å². The van der Waals surface area contributed by atoms with Crippen LogP contribution in [0.15, 0.2) is 48.5 Å². The first kappa shape index (κ1) is 28.4. The van der Waals surface area contributed by atoms with Crippen LogP contribution in [0, 0.1) is 11.8 Å². The van der Waals surface area contributed by atoms with Gasteiger partial charge < -0.3 is 33.2 Å². The molecule has 9 heteroatoms. The van der Waals surface area contributed by atoms with Crippen molar-refractivity contribution >= 4 is 11.9 Å². The highest BCUT2D eigenvalue weighted by Crippen LogP contribution is 2.32. The summed E-state index contributed by atoms with van der Waals surface area (Å²) in [6.45, 7) is 2.91. The quantitative estimate of drug-likeness (QED) is 0.197. The Morgan fingerprint density at radius 2 is 0.919 bits per heavy atom. The maximum atomic E-state index is 12.6. The zero-order chi connectivity index (χ0) is 26.3. The Labute approximate surface area is 217 Å². The minimum Gasteiger partial charge on any atom is -0.491 e. The second kappa shape index (κ2) is 15.9. The molecule has 0 atom stereocenters. The van der Waals surface area contributed by atoms with Crippen LogP contribution in [0.5, 0.6) is 23.0 Å². The van der Waals surface area contributed by atoms with Crippen molar-refractivity contribution in [2.75, 3.05) is 53.9 Å². The monoisotopic (exact) mass is 516 g/mol. The van der Waals surface area contributed by atoms with E-state index in [4.69, 9.17) is 33.2 Å². The molecule has 0 N–H and O–H groups in total. The van der Waals surface area contributed by atoms with E-state index in [9.17, 15) is 9.59 Å². The van der Waals surface area contributed by atoms with Crippen molar-refractivity contribution in [3.63, 3.8) is 0 Å². The predicted molar refractivity (Wildman–Crippen MR) is 135 cm³/mol. The van der Waals surface area contributed by atoms with Gasteiger partial charge in [0.1, 0.15) is 36.2 Å². The molecule has 1 aliphatic rings. The Morgan fingerprint density at radius 3 is 1.35 bits per heavy atom. The SMILES string of the molecule is COCCOCCOc1ccc(OC(=O)[C@H]2CC[C@H](C(=O)Oc3ccc(OCCOC)cc3)CC2)cc1. The summed E-state index contributed by atoms with van der Waals surface area (Å²) in [5.74, 6) is 1.24. The van der Waals surface area contributed by atoms with Crippen LogP contribution in [0.1, 0.15) is 25.7 Å². The van der Waals surface area contributed by atoms with E-state index in [2.05, 4.69) is 0 Å². The van der Waals surface area contributed by atoms with Crippen LogP contribution in [0.4, 0.5) is 0 Å². The molecule has 0 spiro atoms. The topological polar surface area (TPSA) is 98.8 Å². The number of ether oxygens (including phenoxy) is 7. The van der Waals surface area contributed by atoms with Crippen molar-refractivity contribution in [2.45, 2.75) is 25.7 Å². The van der Waals surface area contributed by atoms with E-state index in [1.54, 1.807) is 62.8 Å². The summed E-state index contributed by atoms with van der Waals surface area (Å²) in [5.41, 5.74) is 0. The average Bonchev–Trinajstić information content (AvgIpc) is 2.92. The molecule has 2 aromatic rings. The summed E-state index contributed by atoms with van der Waals surface area (Å²) in [6, 6.07) is 13.8. The number of rotatable bonds is 15. The van der Waals surface area contributed by atoms with Gasteiger partial charge in [0, 0.05) is 14.2 Å². The fraction of sp³-hybridized carbons (Fsp3) is 0.500. The standard InChI is InChI=1S/C28H36O9/c1-31-15-17-33-18-20-35-24-9-13-26(14-10-24)37-28(30)22-5-3-21(4-6-22)27(29)36-25-11-7-23(8-12-25)34-19-16-32-2/h7-14,21-22H,3-6,15-20H2,1-2H3/t21-,22-. The lowest BCUT2D eigenvalue weighted by atomic mass is 9.82. The summed E-state index contributed by atoms with van der Waals surface area (Å²) >= 11 is 0. The van der Waals surface area contributed by atoms with E-state index in [1.807, 2.05) is 0 Å².